The average Bonchev–Trinajstić information content (AvgIpc) is 2.71. The lowest BCUT2D eigenvalue weighted by molar-refractivity contribution is -0.121. The van der Waals surface area contributed by atoms with Crippen molar-refractivity contribution in [2.75, 3.05) is 11.9 Å². The predicted molar refractivity (Wildman–Crippen MR) is 105 cm³/mol. The highest BCUT2D eigenvalue weighted by molar-refractivity contribution is 5.96. The number of halogens is 1. The quantitative estimate of drug-likeness (QED) is 0.882. The molecule has 0 spiro atoms. The van der Waals surface area contributed by atoms with Crippen molar-refractivity contribution in [3.63, 3.8) is 0 Å². The number of hydrogen-bond acceptors (Lipinski definition) is 3. The number of carbonyl (C=O) groups is 2. The molecule has 1 aliphatic carbocycles. The Bertz CT molecular complexity index is 957. The third kappa shape index (κ3) is 3.17. The Morgan fingerprint density at radius 1 is 1.25 bits per heavy atom. The van der Waals surface area contributed by atoms with E-state index in [1.807, 2.05) is 13.0 Å². The van der Waals surface area contributed by atoms with E-state index in [2.05, 4.69) is 10.3 Å². The molecule has 0 fully saturated rings. The van der Waals surface area contributed by atoms with Gasteiger partial charge in [0.2, 0.25) is 11.8 Å². The molecule has 6 heteroatoms. The van der Waals surface area contributed by atoms with Crippen LogP contribution in [0.4, 0.5) is 10.1 Å². The van der Waals surface area contributed by atoms with Crippen LogP contribution in [0.25, 0.3) is 11.1 Å². The van der Waals surface area contributed by atoms with Crippen molar-refractivity contribution in [2.45, 2.75) is 51.5 Å². The van der Waals surface area contributed by atoms with Crippen LogP contribution < -0.4 is 10.2 Å². The SMILES string of the molecule is CCC(=O)NC1CCCc2c(-c3cc4c(cc3F)N(C)C(=O)CC4)cncc21. The first kappa shape index (κ1) is 18.6. The highest BCUT2D eigenvalue weighted by Crippen LogP contribution is 2.39. The third-order valence-corrected chi connectivity index (χ3v) is 5.84. The molecular weight excluding hydrogens is 357 g/mol. The fraction of sp³-hybridized carbons (Fsp3) is 0.409. The van der Waals surface area contributed by atoms with Crippen LogP contribution in [-0.4, -0.2) is 23.8 Å². The summed E-state index contributed by atoms with van der Waals surface area (Å²) in [5.74, 6) is -0.334. The molecule has 1 atom stereocenters. The van der Waals surface area contributed by atoms with Gasteiger partial charge < -0.3 is 10.2 Å². The molecule has 2 amide bonds. The minimum absolute atomic E-state index is 0.00733. The second-order valence-electron chi connectivity index (χ2n) is 7.53. The summed E-state index contributed by atoms with van der Waals surface area (Å²) in [6.45, 7) is 1.83. The van der Waals surface area contributed by atoms with E-state index in [-0.39, 0.29) is 23.7 Å². The standard InChI is InChI=1S/C22H24FN3O2/c1-3-21(27)25-19-6-4-5-14-16(11-24-12-17(14)19)15-9-13-7-8-22(28)26(2)20(13)10-18(15)23/h9-12,19H,3-8H2,1-2H3,(H,25,27). The largest absolute Gasteiger partial charge is 0.349 e. The van der Waals surface area contributed by atoms with E-state index in [0.717, 1.165) is 41.5 Å². The molecule has 0 saturated carbocycles. The zero-order valence-corrected chi connectivity index (χ0v) is 16.2. The molecule has 0 radical (unpaired) electrons. The first-order valence-corrected chi connectivity index (χ1v) is 9.85. The molecule has 2 aromatic rings. The minimum atomic E-state index is -0.352. The van der Waals surface area contributed by atoms with Gasteiger partial charge in [0.25, 0.3) is 0 Å². The first-order valence-electron chi connectivity index (χ1n) is 9.85. The predicted octanol–water partition coefficient (Wildman–Crippen LogP) is 3.70. The fourth-order valence-electron chi connectivity index (χ4n) is 4.27. The van der Waals surface area contributed by atoms with Crippen molar-refractivity contribution < 1.29 is 14.0 Å². The van der Waals surface area contributed by atoms with Gasteiger partial charge in [-0.25, -0.2) is 4.39 Å². The highest BCUT2D eigenvalue weighted by Gasteiger charge is 2.27. The molecule has 1 unspecified atom stereocenters. The summed E-state index contributed by atoms with van der Waals surface area (Å²) in [7, 11) is 1.69. The zero-order chi connectivity index (χ0) is 19.8. The van der Waals surface area contributed by atoms with Crippen molar-refractivity contribution in [1.82, 2.24) is 10.3 Å². The van der Waals surface area contributed by atoms with Crippen LogP contribution in [0.15, 0.2) is 24.5 Å². The number of benzene rings is 1. The Morgan fingerprint density at radius 3 is 2.86 bits per heavy atom. The molecule has 5 nitrogen and oxygen atoms in total. The molecule has 1 N–H and O–H groups in total. The molecule has 1 aromatic carbocycles. The van der Waals surface area contributed by atoms with E-state index >= 15 is 4.39 Å². The highest BCUT2D eigenvalue weighted by atomic mass is 19.1. The summed E-state index contributed by atoms with van der Waals surface area (Å²) >= 11 is 0. The van der Waals surface area contributed by atoms with Gasteiger partial charge in [0.15, 0.2) is 0 Å². The van der Waals surface area contributed by atoms with Crippen molar-refractivity contribution in [3.8, 4) is 11.1 Å². The second kappa shape index (κ2) is 7.34. The second-order valence-corrected chi connectivity index (χ2v) is 7.53. The number of aromatic nitrogens is 1. The lowest BCUT2D eigenvalue weighted by Crippen LogP contribution is -2.31. The number of amides is 2. The molecule has 1 aromatic heterocycles. The number of anilines is 1. The van der Waals surface area contributed by atoms with Crippen LogP contribution in [0, 0.1) is 5.82 Å². The van der Waals surface area contributed by atoms with E-state index in [0.29, 0.717) is 30.5 Å². The minimum Gasteiger partial charge on any atom is -0.349 e. The molecule has 1 aliphatic heterocycles. The summed E-state index contributed by atoms with van der Waals surface area (Å²) in [4.78, 5) is 29.7. The smallest absolute Gasteiger partial charge is 0.227 e. The number of nitrogens with zero attached hydrogens (tertiary/aromatic N) is 2. The molecule has 0 saturated heterocycles. The number of pyridine rings is 1. The van der Waals surface area contributed by atoms with E-state index in [9.17, 15) is 9.59 Å². The summed E-state index contributed by atoms with van der Waals surface area (Å²) < 4.78 is 15.1. The Labute approximate surface area is 164 Å². The summed E-state index contributed by atoms with van der Waals surface area (Å²) in [6, 6.07) is 3.24. The maximum Gasteiger partial charge on any atom is 0.227 e. The molecule has 4 rings (SSSR count). The van der Waals surface area contributed by atoms with Crippen molar-refractivity contribution in [2.24, 2.45) is 0 Å². The van der Waals surface area contributed by atoms with Crippen molar-refractivity contribution in [3.05, 3.63) is 47.0 Å². The zero-order valence-electron chi connectivity index (χ0n) is 16.2. The van der Waals surface area contributed by atoms with Crippen LogP contribution in [0.2, 0.25) is 0 Å². The normalized spacial score (nSPS) is 18.5. The van der Waals surface area contributed by atoms with Crippen LogP contribution in [-0.2, 0) is 22.4 Å². The van der Waals surface area contributed by atoms with Crippen LogP contribution in [0.3, 0.4) is 0 Å². The Balaban J connectivity index is 1.78. The van der Waals surface area contributed by atoms with Gasteiger partial charge in [-0.2, -0.15) is 0 Å². The van der Waals surface area contributed by atoms with Crippen molar-refractivity contribution in [1.29, 1.82) is 0 Å². The Kier molecular flexibility index (Phi) is 4.87. The maximum atomic E-state index is 15.1. The maximum absolute atomic E-state index is 15.1. The lowest BCUT2D eigenvalue weighted by atomic mass is 9.84. The van der Waals surface area contributed by atoms with Crippen LogP contribution >= 0.6 is 0 Å². The van der Waals surface area contributed by atoms with Gasteiger partial charge in [-0.15, -0.1) is 0 Å². The van der Waals surface area contributed by atoms with Gasteiger partial charge in [-0.1, -0.05) is 6.92 Å². The van der Waals surface area contributed by atoms with E-state index in [1.165, 1.54) is 11.0 Å². The van der Waals surface area contributed by atoms with E-state index < -0.39 is 0 Å². The molecular formula is C22H24FN3O2. The number of rotatable bonds is 3. The summed E-state index contributed by atoms with van der Waals surface area (Å²) in [5.41, 5.74) is 4.96. The van der Waals surface area contributed by atoms with Crippen LogP contribution in [0.5, 0.6) is 0 Å². The fourth-order valence-corrected chi connectivity index (χ4v) is 4.27. The number of fused-ring (bicyclic) bond motifs is 2. The van der Waals surface area contributed by atoms with E-state index in [1.54, 1.807) is 19.4 Å². The van der Waals surface area contributed by atoms with Gasteiger partial charge in [-0.3, -0.25) is 14.6 Å². The van der Waals surface area contributed by atoms with Crippen molar-refractivity contribution >= 4 is 17.5 Å². The first-order chi connectivity index (χ1) is 13.5. The average molecular weight is 381 g/mol. The van der Waals surface area contributed by atoms with Crippen LogP contribution in [0.1, 0.15) is 55.3 Å². The monoisotopic (exact) mass is 381 g/mol. The molecule has 0 bridgehead atoms. The van der Waals surface area contributed by atoms with Gasteiger partial charge in [0.1, 0.15) is 5.82 Å². The topological polar surface area (TPSA) is 62.3 Å². The number of nitrogens with one attached hydrogen (secondary N) is 1. The third-order valence-electron chi connectivity index (χ3n) is 5.84. The van der Waals surface area contributed by atoms with E-state index in [4.69, 9.17) is 0 Å². The van der Waals surface area contributed by atoms with Gasteiger partial charge in [0.05, 0.1) is 6.04 Å². The number of aryl methyl sites for hydroxylation is 1. The summed E-state index contributed by atoms with van der Waals surface area (Å²) in [5, 5.41) is 3.06. The lowest BCUT2D eigenvalue weighted by Gasteiger charge is -2.29. The molecule has 2 aliphatic rings. The Morgan fingerprint density at radius 2 is 2.07 bits per heavy atom. The number of carbonyl (C=O) groups excluding carboxylic acids is 2. The number of hydrogen-bond donors (Lipinski definition) is 1. The molecule has 2 heterocycles. The van der Waals surface area contributed by atoms with Gasteiger partial charge in [0, 0.05) is 49.1 Å². The Hall–Kier alpha value is -2.76. The summed E-state index contributed by atoms with van der Waals surface area (Å²) in [6.07, 6.45) is 7.62. The molecule has 28 heavy (non-hydrogen) atoms. The van der Waals surface area contributed by atoms with Gasteiger partial charge >= 0.3 is 0 Å². The molecule has 146 valence electrons. The van der Waals surface area contributed by atoms with Gasteiger partial charge in [-0.05, 0) is 54.5 Å².